The maximum absolute atomic E-state index is 13.7. The normalized spacial score (nSPS) is 11.8. The van der Waals surface area contributed by atoms with Crippen LogP contribution in [0.4, 0.5) is 0 Å². The van der Waals surface area contributed by atoms with Gasteiger partial charge in [0.05, 0.1) is 22.8 Å². The third kappa shape index (κ3) is 23.1. The van der Waals surface area contributed by atoms with Crippen LogP contribution >= 0.6 is 0 Å². The molecule has 0 aliphatic rings. The number of ether oxygens (including phenoxy) is 1. The Morgan fingerprint density at radius 2 is 0.750 bits per heavy atom. The van der Waals surface area contributed by atoms with Crippen molar-refractivity contribution < 1.29 is 17.9 Å². The molecule has 0 unspecified atom stereocenters. The van der Waals surface area contributed by atoms with Crippen molar-refractivity contribution in [3.63, 3.8) is 0 Å². The lowest BCUT2D eigenvalue weighted by Crippen LogP contribution is -2.22. The van der Waals surface area contributed by atoms with E-state index < -0.39 is 15.8 Å². The lowest BCUT2D eigenvalue weighted by atomic mass is 10.0. The third-order valence-corrected chi connectivity index (χ3v) is 12.6. The molecule has 0 saturated carbocycles. The van der Waals surface area contributed by atoms with Crippen LogP contribution in [0.15, 0.2) is 29.2 Å². The van der Waals surface area contributed by atoms with E-state index in [1.807, 2.05) is 0 Å². The molecule has 0 N–H and O–H groups in total. The van der Waals surface area contributed by atoms with Gasteiger partial charge in [-0.25, -0.2) is 13.2 Å². The standard InChI is InChI=1S/C43H78O4S/c1-4-6-8-10-12-14-16-18-20-22-24-26-28-30-32-34-41(48(45,46)42-38-36-40(37-39-42)43(44)47-3)35-33-31-29-27-25-23-21-19-17-15-13-11-9-7-5-2/h36-39,41H,4-35H2,1-3H3. The van der Waals surface area contributed by atoms with Crippen LogP contribution in [0.5, 0.6) is 0 Å². The first kappa shape index (κ1) is 44.7. The molecule has 48 heavy (non-hydrogen) atoms. The molecule has 0 aliphatic heterocycles. The molecule has 0 fully saturated rings. The predicted molar refractivity (Wildman–Crippen MR) is 208 cm³/mol. The van der Waals surface area contributed by atoms with Crippen molar-refractivity contribution in [3.05, 3.63) is 29.8 Å². The lowest BCUT2D eigenvalue weighted by Gasteiger charge is -2.18. The van der Waals surface area contributed by atoms with E-state index >= 15 is 0 Å². The van der Waals surface area contributed by atoms with Crippen LogP contribution in [0, 0.1) is 0 Å². The summed E-state index contributed by atoms with van der Waals surface area (Å²) in [5.41, 5.74) is 0.387. The van der Waals surface area contributed by atoms with Gasteiger partial charge in [0.2, 0.25) is 0 Å². The number of benzene rings is 1. The number of carbonyl (C=O) groups is 1. The smallest absolute Gasteiger partial charge is 0.337 e. The zero-order valence-corrected chi connectivity index (χ0v) is 32.9. The number of hydrogen-bond donors (Lipinski definition) is 0. The van der Waals surface area contributed by atoms with Gasteiger partial charge in [-0.15, -0.1) is 0 Å². The molecular formula is C43H78O4S. The Morgan fingerprint density at radius 1 is 0.479 bits per heavy atom. The van der Waals surface area contributed by atoms with Gasteiger partial charge in [-0.1, -0.05) is 206 Å². The van der Waals surface area contributed by atoms with Crippen molar-refractivity contribution in [1.82, 2.24) is 0 Å². The van der Waals surface area contributed by atoms with Gasteiger partial charge in [-0.3, -0.25) is 0 Å². The number of hydrogen-bond acceptors (Lipinski definition) is 4. The van der Waals surface area contributed by atoms with Gasteiger partial charge in [0.25, 0.3) is 0 Å². The lowest BCUT2D eigenvalue weighted by molar-refractivity contribution is 0.0600. The number of unbranched alkanes of at least 4 members (excludes halogenated alkanes) is 28. The fourth-order valence-electron chi connectivity index (χ4n) is 7.03. The van der Waals surface area contributed by atoms with Gasteiger partial charge in [0.1, 0.15) is 0 Å². The van der Waals surface area contributed by atoms with E-state index in [2.05, 4.69) is 13.8 Å². The first-order valence-electron chi connectivity index (χ1n) is 20.9. The summed E-state index contributed by atoms with van der Waals surface area (Å²) in [5, 5.41) is -0.342. The molecule has 0 heterocycles. The molecular weight excluding hydrogens is 613 g/mol. The minimum atomic E-state index is -3.44. The highest BCUT2D eigenvalue weighted by Gasteiger charge is 2.27. The number of carbonyl (C=O) groups excluding carboxylic acids is 1. The van der Waals surface area contributed by atoms with Gasteiger partial charge >= 0.3 is 5.97 Å². The Morgan fingerprint density at radius 3 is 1.02 bits per heavy atom. The quantitative estimate of drug-likeness (QED) is 0.0525. The van der Waals surface area contributed by atoms with E-state index in [1.54, 1.807) is 24.3 Å². The molecule has 0 saturated heterocycles. The molecule has 0 amide bonds. The molecule has 1 rings (SSSR count). The highest BCUT2D eigenvalue weighted by Crippen LogP contribution is 2.26. The Bertz CT molecular complexity index is 922. The van der Waals surface area contributed by atoms with Crippen LogP contribution in [-0.4, -0.2) is 26.7 Å². The summed E-state index contributed by atoms with van der Waals surface area (Å²) >= 11 is 0. The number of methoxy groups -OCH3 is 1. The molecule has 0 atom stereocenters. The third-order valence-electron chi connectivity index (χ3n) is 10.3. The van der Waals surface area contributed by atoms with Crippen molar-refractivity contribution in [2.45, 2.75) is 229 Å². The van der Waals surface area contributed by atoms with Gasteiger partial charge in [-0.2, -0.15) is 0 Å². The Labute approximate surface area is 299 Å². The van der Waals surface area contributed by atoms with Crippen LogP contribution < -0.4 is 0 Å². The molecule has 0 bridgehead atoms. The predicted octanol–water partition coefficient (Wildman–Crippen LogP) is 14.1. The Balaban J connectivity index is 2.33. The van der Waals surface area contributed by atoms with Crippen molar-refractivity contribution in [2.75, 3.05) is 7.11 Å². The zero-order valence-electron chi connectivity index (χ0n) is 32.1. The van der Waals surface area contributed by atoms with Gasteiger partial charge in [0, 0.05) is 0 Å². The van der Waals surface area contributed by atoms with Crippen molar-refractivity contribution in [2.24, 2.45) is 0 Å². The highest BCUT2D eigenvalue weighted by atomic mass is 32.2. The highest BCUT2D eigenvalue weighted by molar-refractivity contribution is 7.92. The average Bonchev–Trinajstić information content (AvgIpc) is 3.10. The first-order valence-corrected chi connectivity index (χ1v) is 22.4. The second-order valence-electron chi connectivity index (χ2n) is 14.7. The molecule has 1 aromatic rings. The largest absolute Gasteiger partial charge is 0.465 e. The summed E-state index contributed by atoms with van der Waals surface area (Å²) in [7, 11) is -2.10. The van der Waals surface area contributed by atoms with Crippen LogP contribution in [0.25, 0.3) is 0 Å². The fraction of sp³-hybridized carbons (Fsp3) is 0.837. The Kier molecular flexibility index (Phi) is 29.4. The van der Waals surface area contributed by atoms with Crippen LogP contribution in [0.1, 0.15) is 230 Å². The monoisotopic (exact) mass is 691 g/mol. The van der Waals surface area contributed by atoms with Crippen molar-refractivity contribution in [1.29, 1.82) is 0 Å². The molecule has 5 heteroatoms. The summed E-state index contributed by atoms with van der Waals surface area (Å²) in [6, 6.07) is 6.34. The summed E-state index contributed by atoms with van der Waals surface area (Å²) in [4.78, 5) is 12.2. The number of rotatable bonds is 35. The summed E-state index contributed by atoms with van der Waals surface area (Å²) < 4.78 is 32.2. The Hall–Kier alpha value is -1.36. The maximum Gasteiger partial charge on any atom is 0.337 e. The van der Waals surface area contributed by atoms with E-state index in [9.17, 15) is 13.2 Å². The molecule has 280 valence electrons. The maximum atomic E-state index is 13.7. The second kappa shape index (κ2) is 31.6. The van der Waals surface area contributed by atoms with Gasteiger partial charge in [-0.05, 0) is 37.1 Å². The SMILES string of the molecule is CCCCCCCCCCCCCCCCCC(CCCCCCCCCCCCCCCCC)S(=O)(=O)c1ccc(C(=O)OC)cc1. The van der Waals surface area contributed by atoms with Crippen molar-refractivity contribution in [3.8, 4) is 0 Å². The summed E-state index contributed by atoms with van der Waals surface area (Å²) in [5.74, 6) is -0.439. The average molecular weight is 691 g/mol. The van der Waals surface area contributed by atoms with Crippen LogP contribution in [0.2, 0.25) is 0 Å². The molecule has 1 aromatic carbocycles. The second-order valence-corrected chi connectivity index (χ2v) is 16.9. The molecule has 0 aliphatic carbocycles. The van der Waals surface area contributed by atoms with Crippen LogP contribution in [-0.2, 0) is 14.6 Å². The van der Waals surface area contributed by atoms with E-state index in [-0.39, 0.29) is 5.25 Å². The van der Waals surface area contributed by atoms with E-state index in [4.69, 9.17) is 4.74 Å². The topological polar surface area (TPSA) is 60.4 Å². The summed E-state index contributed by atoms with van der Waals surface area (Å²) in [6.07, 6.45) is 40.9. The molecule has 4 nitrogen and oxygen atoms in total. The summed E-state index contributed by atoms with van der Waals surface area (Å²) in [6.45, 7) is 4.56. The molecule has 0 radical (unpaired) electrons. The van der Waals surface area contributed by atoms with E-state index in [1.165, 1.54) is 174 Å². The minimum Gasteiger partial charge on any atom is -0.465 e. The zero-order chi connectivity index (χ0) is 35.0. The van der Waals surface area contributed by atoms with Crippen LogP contribution in [0.3, 0.4) is 0 Å². The molecule has 0 aromatic heterocycles. The number of esters is 1. The van der Waals surface area contributed by atoms with Crippen molar-refractivity contribution >= 4 is 15.8 Å². The van der Waals surface area contributed by atoms with E-state index in [0.717, 1.165) is 38.5 Å². The fourth-order valence-corrected chi connectivity index (χ4v) is 8.89. The minimum absolute atomic E-state index is 0.335. The number of sulfone groups is 1. The molecule has 0 spiro atoms. The first-order chi connectivity index (χ1) is 23.5. The van der Waals surface area contributed by atoms with Gasteiger partial charge < -0.3 is 4.74 Å². The van der Waals surface area contributed by atoms with Gasteiger partial charge in [0.15, 0.2) is 9.84 Å². The van der Waals surface area contributed by atoms with E-state index in [0.29, 0.717) is 10.5 Å².